The molecule has 0 aromatic heterocycles. The average molecular weight is 389 g/mol. The van der Waals surface area contributed by atoms with Crippen molar-refractivity contribution in [3.63, 3.8) is 0 Å². The summed E-state index contributed by atoms with van der Waals surface area (Å²) >= 11 is 0. The van der Waals surface area contributed by atoms with Crippen LogP contribution < -0.4 is 0 Å². The second-order valence-electron chi connectivity index (χ2n) is 10.1. The molecule has 152 valence electrons. The van der Waals surface area contributed by atoms with Crippen molar-refractivity contribution in [3.8, 4) is 0 Å². The topological polar surface area (TPSA) is 98.2 Å². The van der Waals surface area contributed by atoms with E-state index >= 15 is 0 Å². The Morgan fingerprint density at radius 2 is 1.68 bits per heavy atom. The summed E-state index contributed by atoms with van der Waals surface area (Å²) in [5.41, 5.74) is -3.83. The van der Waals surface area contributed by atoms with Gasteiger partial charge in [-0.2, -0.15) is 0 Å². The van der Waals surface area contributed by atoms with Crippen molar-refractivity contribution in [1.82, 2.24) is 14.7 Å². The number of hydrogen-bond acceptors (Lipinski definition) is 5. The van der Waals surface area contributed by atoms with E-state index in [1.54, 1.807) is 16.8 Å². The molecule has 1 saturated carbocycles. The Labute approximate surface area is 163 Å². The van der Waals surface area contributed by atoms with Crippen LogP contribution in [-0.2, 0) is 19.2 Å². The van der Waals surface area contributed by atoms with Crippen LogP contribution in [-0.4, -0.2) is 80.8 Å². The number of piperidine rings is 2. The largest absolute Gasteiger partial charge is 0.382 e. The third-order valence-electron chi connectivity index (χ3n) is 9.18. The molecule has 4 amide bonds. The molecule has 6 atom stereocenters. The Bertz CT molecular complexity index is 870. The van der Waals surface area contributed by atoms with Gasteiger partial charge in [0.25, 0.3) is 5.91 Å². The van der Waals surface area contributed by atoms with Gasteiger partial charge in [0.05, 0.1) is 17.0 Å². The van der Waals surface area contributed by atoms with Gasteiger partial charge in [-0.25, -0.2) is 0 Å². The first-order valence-electron chi connectivity index (χ1n) is 10.0. The number of fused-ring (bicyclic) bond motifs is 2. The van der Waals surface area contributed by atoms with Crippen LogP contribution in [0.25, 0.3) is 0 Å². The van der Waals surface area contributed by atoms with Crippen LogP contribution >= 0.6 is 0 Å². The van der Waals surface area contributed by atoms with Crippen molar-refractivity contribution in [3.05, 3.63) is 0 Å². The van der Waals surface area contributed by atoms with E-state index in [4.69, 9.17) is 0 Å². The Kier molecular flexibility index (Phi) is 2.98. The lowest BCUT2D eigenvalue weighted by Gasteiger charge is -2.65. The standard InChI is InChI=1S/C20H27N3O5/c1-10-8-11(24)23-14-17(2,3)19(12(25)13(26)21(4)15(19)27)9-18(14)6-7-20(10,23)16(28)22(18)5/h10,12,14,25H,6-9H2,1-5H3/t10-,12?,14?,18+,19+,20+/m0/s1. The van der Waals surface area contributed by atoms with E-state index in [1.165, 1.54) is 7.05 Å². The number of likely N-dealkylation sites (tertiary alicyclic amines) is 1. The fraction of sp³-hybridized carbons (Fsp3) is 0.800. The Hall–Kier alpha value is -1.96. The number of likely N-dealkylation sites (N-methyl/N-ethyl adjacent to an activating group) is 2. The smallest absolute Gasteiger partial charge is 0.258 e. The maximum absolute atomic E-state index is 13.5. The minimum absolute atomic E-state index is 0.0623. The summed E-state index contributed by atoms with van der Waals surface area (Å²) in [7, 11) is 3.16. The van der Waals surface area contributed by atoms with Gasteiger partial charge in [-0.05, 0) is 25.2 Å². The molecule has 0 aromatic carbocycles. The Balaban J connectivity index is 1.79. The van der Waals surface area contributed by atoms with Gasteiger partial charge in [0.2, 0.25) is 17.7 Å². The second kappa shape index (κ2) is 4.61. The number of rotatable bonds is 0. The lowest BCUT2D eigenvalue weighted by molar-refractivity contribution is -0.196. The maximum Gasteiger partial charge on any atom is 0.258 e. The van der Waals surface area contributed by atoms with Crippen LogP contribution in [0.5, 0.6) is 0 Å². The number of nitrogens with zero attached hydrogens (tertiary/aromatic N) is 3. The highest BCUT2D eigenvalue weighted by Gasteiger charge is 2.84. The molecule has 5 aliphatic heterocycles. The summed E-state index contributed by atoms with van der Waals surface area (Å²) in [6.45, 7) is 5.71. The SMILES string of the molecule is C[C@H]1CC(=O)N2C3C(C)(C)[C@@]4(C[C@]35CC[C@]12C(=O)N5C)C(=O)N(C)C(=O)C4O. The molecular formula is C20H27N3O5. The van der Waals surface area contributed by atoms with Gasteiger partial charge in [0, 0.05) is 25.9 Å². The molecule has 1 N–H and O–H groups in total. The molecule has 0 radical (unpaired) electrons. The van der Waals surface area contributed by atoms with Gasteiger partial charge in [-0.1, -0.05) is 20.8 Å². The summed E-state index contributed by atoms with van der Waals surface area (Å²) in [4.78, 5) is 57.0. The molecule has 0 aromatic rings. The first-order valence-corrected chi connectivity index (χ1v) is 10.0. The van der Waals surface area contributed by atoms with Crippen molar-refractivity contribution in [1.29, 1.82) is 0 Å². The van der Waals surface area contributed by atoms with Crippen LogP contribution in [0.3, 0.4) is 0 Å². The van der Waals surface area contributed by atoms with Gasteiger partial charge in [-0.15, -0.1) is 0 Å². The highest BCUT2D eigenvalue weighted by atomic mass is 16.3. The minimum Gasteiger partial charge on any atom is -0.382 e. The molecule has 8 heteroatoms. The lowest BCUT2D eigenvalue weighted by atomic mass is 9.61. The quantitative estimate of drug-likeness (QED) is 0.576. The van der Waals surface area contributed by atoms with Crippen LogP contribution in [0.4, 0.5) is 0 Å². The fourth-order valence-corrected chi connectivity index (χ4v) is 7.74. The molecule has 6 fully saturated rings. The summed E-state index contributed by atoms with van der Waals surface area (Å²) in [5, 5.41) is 11.0. The van der Waals surface area contributed by atoms with Crippen LogP contribution in [0.15, 0.2) is 0 Å². The highest BCUT2D eigenvalue weighted by Crippen LogP contribution is 2.71. The molecule has 1 aliphatic carbocycles. The zero-order valence-corrected chi connectivity index (χ0v) is 17.0. The number of aliphatic hydroxyl groups is 1. The number of piperazine rings is 1. The lowest BCUT2D eigenvalue weighted by Crippen LogP contribution is -2.81. The van der Waals surface area contributed by atoms with Crippen LogP contribution in [0, 0.1) is 16.7 Å². The fourth-order valence-electron chi connectivity index (χ4n) is 7.74. The normalized spacial score (nSPS) is 48.9. The number of carbonyl (C=O) groups is 4. The van der Waals surface area contributed by atoms with E-state index in [-0.39, 0.29) is 24.2 Å². The third kappa shape index (κ3) is 1.38. The maximum atomic E-state index is 13.5. The summed E-state index contributed by atoms with van der Waals surface area (Å²) in [6, 6.07) is -0.410. The zero-order valence-electron chi connectivity index (χ0n) is 17.0. The molecule has 5 heterocycles. The average Bonchev–Trinajstić information content (AvgIpc) is 3.09. The Morgan fingerprint density at radius 1 is 1.04 bits per heavy atom. The molecule has 8 nitrogen and oxygen atoms in total. The molecular weight excluding hydrogens is 362 g/mol. The predicted molar refractivity (Wildman–Crippen MR) is 96.5 cm³/mol. The van der Waals surface area contributed by atoms with Crippen molar-refractivity contribution in [2.45, 2.75) is 69.7 Å². The number of imide groups is 1. The Morgan fingerprint density at radius 3 is 2.25 bits per heavy atom. The van der Waals surface area contributed by atoms with Gasteiger partial charge in [0.15, 0.2) is 0 Å². The summed E-state index contributed by atoms with van der Waals surface area (Å²) < 4.78 is 0. The minimum atomic E-state index is -1.46. The second-order valence-corrected chi connectivity index (χ2v) is 10.1. The molecule has 2 unspecified atom stereocenters. The molecule has 3 spiro atoms. The van der Waals surface area contributed by atoms with E-state index in [0.29, 0.717) is 19.3 Å². The van der Waals surface area contributed by atoms with E-state index in [9.17, 15) is 24.3 Å². The highest BCUT2D eigenvalue weighted by molar-refractivity contribution is 6.10. The van der Waals surface area contributed by atoms with E-state index < -0.39 is 45.9 Å². The molecule has 28 heavy (non-hydrogen) atoms. The van der Waals surface area contributed by atoms with Gasteiger partial charge in [0.1, 0.15) is 11.6 Å². The first kappa shape index (κ1) is 18.1. The number of aliphatic hydroxyl groups excluding tert-OH is 1. The van der Waals surface area contributed by atoms with E-state index in [0.717, 1.165) is 4.90 Å². The third-order valence-corrected chi connectivity index (χ3v) is 9.18. The van der Waals surface area contributed by atoms with Crippen molar-refractivity contribution in [2.75, 3.05) is 14.1 Å². The van der Waals surface area contributed by atoms with E-state index in [2.05, 4.69) is 0 Å². The van der Waals surface area contributed by atoms with Crippen molar-refractivity contribution in [2.24, 2.45) is 16.7 Å². The zero-order chi connectivity index (χ0) is 20.6. The van der Waals surface area contributed by atoms with Crippen LogP contribution in [0.1, 0.15) is 46.5 Å². The van der Waals surface area contributed by atoms with Crippen molar-refractivity contribution >= 4 is 23.6 Å². The molecule has 6 aliphatic rings. The van der Waals surface area contributed by atoms with Crippen LogP contribution in [0.2, 0.25) is 0 Å². The van der Waals surface area contributed by atoms with E-state index in [1.807, 2.05) is 20.8 Å². The molecule has 5 saturated heterocycles. The number of amides is 4. The van der Waals surface area contributed by atoms with Crippen molar-refractivity contribution < 1.29 is 24.3 Å². The van der Waals surface area contributed by atoms with Gasteiger partial charge >= 0.3 is 0 Å². The first-order chi connectivity index (χ1) is 12.9. The molecule has 2 bridgehead atoms. The predicted octanol–water partition coefficient (Wildman–Crippen LogP) is -0.257. The monoisotopic (exact) mass is 389 g/mol. The number of carbonyl (C=O) groups excluding carboxylic acids is 4. The number of hydrogen-bond donors (Lipinski definition) is 1. The van der Waals surface area contributed by atoms with Gasteiger partial charge in [-0.3, -0.25) is 24.1 Å². The summed E-state index contributed by atoms with van der Waals surface area (Å²) in [5.74, 6) is -1.24. The molecule has 6 rings (SSSR count). The van der Waals surface area contributed by atoms with Gasteiger partial charge < -0.3 is 14.9 Å². The summed E-state index contributed by atoms with van der Waals surface area (Å²) in [6.07, 6.45) is 0.278.